The zero-order chi connectivity index (χ0) is 12.1. The van der Waals surface area contributed by atoms with Gasteiger partial charge in [-0.2, -0.15) is 0 Å². The maximum atomic E-state index is 9.46. The summed E-state index contributed by atoms with van der Waals surface area (Å²) in [4.78, 5) is 4.73. The third kappa shape index (κ3) is 4.04. The van der Waals surface area contributed by atoms with Crippen molar-refractivity contribution in [3.8, 4) is 0 Å². The number of rotatable bonds is 5. The second-order valence-electron chi connectivity index (χ2n) is 5.67. The summed E-state index contributed by atoms with van der Waals surface area (Å²) in [5, 5.41) is 9.46. The topological polar surface area (TPSA) is 26.7 Å². The van der Waals surface area contributed by atoms with Gasteiger partial charge in [-0.25, -0.2) is 0 Å². The minimum Gasteiger partial charge on any atom is -0.396 e. The maximum absolute atomic E-state index is 9.46. The van der Waals surface area contributed by atoms with Crippen LogP contribution in [0.5, 0.6) is 0 Å². The van der Waals surface area contributed by atoms with Crippen LogP contribution in [0.2, 0.25) is 0 Å². The molecule has 1 aliphatic heterocycles. The highest BCUT2D eigenvalue weighted by Crippen LogP contribution is 2.26. The molecule has 1 unspecified atom stereocenters. The molecule has 0 aromatic rings. The van der Waals surface area contributed by atoms with Crippen molar-refractivity contribution in [3.05, 3.63) is 0 Å². The van der Waals surface area contributed by atoms with Gasteiger partial charge in [0.15, 0.2) is 0 Å². The quantitative estimate of drug-likeness (QED) is 0.768. The zero-order valence-electron chi connectivity index (χ0n) is 11.3. The number of hydrogen-bond donors (Lipinski definition) is 1. The van der Waals surface area contributed by atoms with Gasteiger partial charge in [0.2, 0.25) is 0 Å². The van der Waals surface area contributed by atoms with Crippen molar-refractivity contribution in [2.45, 2.75) is 32.7 Å². The van der Waals surface area contributed by atoms with E-state index in [0.29, 0.717) is 24.5 Å². The highest BCUT2D eigenvalue weighted by Gasteiger charge is 2.27. The van der Waals surface area contributed by atoms with Gasteiger partial charge in [0.1, 0.15) is 0 Å². The minimum atomic E-state index is 0.338. The molecular formula is C13H28N2O. The molecule has 16 heavy (non-hydrogen) atoms. The lowest BCUT2D eigenvalue weighted by Gasteiger charge is -2.38. The van der Waals surface area contributed by atoms with E-state index in [1.165, 1.54) is 25.9 Å². The summed E-state index contributed by atoms with van der Waals surface area (Å²) in [6, 6.07) is 0.669. The van der Waals surface area contributed by atoms with Crippen molar-refractivity contribution >= 4 is 0 Å². The summed E-state index contributed by atoms with van der Waals surface area (Å²) >= 11 is 0. The molecule has 0 aromatic heterocycles. The van der Waals surface area contributed by atoms with Crippen molar-refractivity contribution < 1.29 is 5.11 Å². The van der Waals surface area contributed by atoms with Gasteiger partial charge in [0.25, 0.3) is 0 Å². The molecule has 0 spiro atoms. The third-order valence-electron chi connectivity index (χ3n) is 3.81. The summed E-state index contributed by atoms with van der Waals surface area (Å²) in [5.74, 6) is 1.17. The van der Waals surface area contributed by atoms with E-state index in [9.17, 15) is 5.11 Å². The molecule has 1 atom stereocenters. The number of likely N-dealkylation sites (tertiary alicyclic amines) is 1. The molecule has 0 radical (unpaired) electrons. The molecule has 1 rings (SSSR count). The van der Waals surface area contributed by atoms with Gasteiger partial charge < -0.3 is 14.9 Å². The van der Waals surface area contributed by atoms with Crippen LogP contribution in [0.1, 0.15) is 26.7 Å². The van der Waals surface area contributed by atoms with Crippen molar-refractivity contribution in [2.75, 3.05) is 40.3 Å². The van der Waals surface area contributed by atoms with E-state index in [4.69, 9.17) is 0 Å². The van der Waals surface area contributed by atoms with Crippen LogP contribution in [0, 0.1) is 11.8 Å². The van der Waals surface area contributed by atoms with Gasteiger partial charge in [-0.05, 0) is 65.7 Å². The first-order valence-electron chi connectivity index (χ1n) is 6.54. The second-order valence-corrected chi connectivity index (χ2v) is 5.67. The van der Waals surface area contributed by atoms with Gasteiger partial charge in [-0.3, -0.25) is 0 Å². The van der Waals surface area contributed by atoms with Crippen molar-refractivity contribution in [3.63, 3.8) is 0 Å². The van der Waals surface area contributed by atoms with Crippen molar-refractivity contribution in [1.82, 2.24) is 9.80 Å². The van der Waals surface area contributed by atoms with Gasteiger partial charge in [0.05, 0.1) is 0 Å². The Morgan fingerprint density at radius 3 is 2.19 bits per heavy atom. The van der Waals surface area contributed by atoms with E-state index in [0.717, 1.165) is 6.54 Å². The van der Waals surface area contributed by atoms with E-state index in [2.05, 4.69) is 37.7 Å². The van der Waals surface area contributed by atoms with Crippen LogP contribution in [-0.2, 0) is 0 Å². The molecule has 1 heterocycles. The van der Waals surface area contributed by atoms with E-state index in [-0.39, 0.29) is 0 Å². The first kappa shape index (κ1) is 13.9. The molecule has 1 aliphatic rings. The minimum absolute atomic E-state index is 0.338. The summed E-state index contributed by atoms with van der Waals surface area (Å²) in [5.41, 5.74) is 0. The van der Waals surface area contributed by atoms with Crippen LogP contribution in [0.15, 0.2) is 0 Å². The fourth-order valence-corrected chi connectivity index (χ4v) is 2.73. The molecule has 96 valence electrons. The molecular weight excluding hydrogens is 200 g/mol. The fraction of sp³-hybridized carbons (Fsp3) is 1.00. The van der Waals surface area contributed by atoms with E-state index < -0.39 is 0 Å². The van der Waals surface area contributed by atoms with Gasteiger partial charge in [-0.1, -0.05) is 0 Å². The Morgan fingerprint density at radius 1 is 1.25 bits per heavy atom. The average molecular weight is 228 g/mol. The molecule has 0 aromatic carbocycles. The third-order valence-corrected chi connectivity index (χ3v) is 3.81. The molecule has 0 saturated carbocycles. The smallest absolute Gasteiger partial charge is 0.0474 e. The Hall–Kier alpha value is -0.120. The maximum Gasteiger partial charge on any atom is 0.0474 e. The normalized spacial score (nSPS) is 21.9. The Labute approximate surface area is 100 Å². The molecule has 1 fully saturated rings. The van der Waals surface area contributed by atoms with E-state index in [1.54, 1.807) is 0 Å². The van der Waals surface area contributed by atoms with Crippen LogP contribution in [0.3, 0.4) is 0 Å². The molecule has 0 aliphatic carbocycles. The Morgan fingerprint density at radius 2 is 1.81 bits per heavy atom. The lowest BCUT2D eigenvalue weighted by molar-refractivity contribution is 0.0780. The van der Waals surface area contributed by atoms with Crippen molar-refractivity contribution in [1.29, 1.82) is 0 Å². The average Bonchev–Trinajstić information content (AvgIpc) is 2.25. The van der Waals surface area contributed by atoms with Crippen LogP contribution in [0.4, 0.5) is 0 Å². The Balaban J connectivity index is 2.38. The standard InChI is InChI=1S/C13H28N2O/c1-11(2)15-7-5-12(6-8-15)13(10-16)9-14(3)4/h11-13,16H,5-10H2,1-4H3. The largest absolute Gasteiger partial charge is 0.396 e. The van der Waals surface area contributed by atoms with Crippen molar-refractivity contribution in [2.24, 2.45) is 11.8 Å². The lowest BCUT2D eigenvalue weighted by atomic mass is 9.84. The summed E-state index contributed by atoms with van der Waals surface area (Å²) in [6.45, 7) is 8.29. The number of nitrogens with zero attached hydrogens (tertiary/aromatic N) is 2. The second kappa shape index (κ2) is 6.58. The summed E-state index contributed by atoms with van der Waals surface area (Å²) in [7, 11) is 4.18. The lowest BCUT2D eigenvalue weighted by Crippen LogP contribution is -2.42. The first-order chi connectivity index (χ1) is 7.54. The molecule has 3 heteroatoms. The molecule has 0 bridgehead atoms. The number of hydrogen-bond acceptors (Lipinski definition) is 3. The Bertz CT molecular complexity index is 186. The monoisotopic (exact) mass is 228 g/mol. The predicted octanol–water partition coefficient (Wildman–Crippen LogP) is 1.28. The van der Waals surface area contributed by atoms with E-state index in [1.807, 2.05) is 0 Å². The first-order valence-corrected chi connectivity index (χ1v) is 6.54. The van der Waals surface area contributed by atoms with Crippen LogP contribution >= 0.6 is 0 Å². The van der Waals surface area contributed by atoms with Crippen LogP contribution in [-0.4, -0.2) is 61.3 Å². The summed E-state index contributed by atoms with van der Waals surface area (Å²) in [6.07, 6.45) is 2.49. The summed E-state index contributed by atoms with van der Waals surface area (Å²) < 4.78 is 0. The van der Waals surface area contributed by atoms with Gasteiger partial charge >= 0.3 is 0 Å². The number of piperidine rings is 1. The molecule has 0 amide bonds. The van der Waals surface area contributed by atoms with E-state index >= 15 is 0 Å². The molecule has 3 nitrogen and oxygen atoms in total. The zero-order valence-corrected chi connectivity index (χ0v) is 11.3. The van der Waals surface area contributed by atoms with Crippen LogP contribution < -0.4 is 0 Å². The number of aliphatic hydroxyl groups excluding tert-OH is 1. The predicted molar refractivity (Wildman–Crippen MR) is 68.6 cm³/mol. The SMILES string of the molecule is CC(C)N1CCC(C(CO)CN(C)C)CC1. The molecule has 1 saturated heterocycles. The van der Waals surface area contributed by atoms with Gasteiger partial charge in [0, 0.05) is 19.2 Å². The fourth-order valence-electron chi connectivity index (χ4n) is 2.73. The highest BCUT2D eigenvalue weighted by molar-refractivity contribution is 4.80. The molecule has 1 N–H and O–H groups in total. The Kier molecular flexibility index (Phi) is 5.73. The number of aliphatic hydroxyl groups is 1. The van der Waals surface area contributed by atoms with Crippen LogP contribution in [0.25, 0.3) is 0 Å². The van der Waals surface area contributed by atoms with Gasteiger partial charge in [-0.15, -0.1) is 0 Å². The highest BCUT2D eigenvalue weighted by atomic mass is 16.3.